The summed E-state index contributed by atoms with van der Waals surface area (Å²) >= 11 is 3.38. The second-order valence-corrected chi connectivity index (χ2v) is 4.67. The van der Waals surface area contributed by atoms with Gasteiger partial charge in [0.1, 0.15) is 5.69 Å². The van der Waals surface area contributed by atoms with Crippen molar-refractivity contribution < 1.29 is 4.92 Å². The van der Waals surface area contributed by atoms with Crippen molar-refractivity contribution in [1.29, 1.82) is 0 Å². The summed E-state index contributed by atoms with van der Waals surface area (Å²) in [6.07, 6.45) is 0. The summed E-state index contributed by atoms with van der Waals surface area (Å²) in [5, 5.41) is 11.1. The molecule has 0 saturated heterocycles. The normalized spacial score (nSPS) is 10.5. The Bertz CT molecular complexity index is 571. The lowest BCUT2D eigenvalue weighted by atomic mass is 10.2. The Morgan fingerprint density at radius 3 is 2.29 bits per heavy atom. The molecule has 1 heterocycles. The highest BCUT2D eigenvalue weighted by Crippen LogP contribution is 2.32. The van der Waals surface area contributed by atoms with E-state index in [9.17, 15) is 10.1 Å². The summed E-state index contributed by atoms with van der Waals surface area (Å²) < 4.78 is 2.59. The Labute approximate surface area is 107 Å². The van der Waals surface area contributed by atoms with E-state index < -0.39 is 0 Å². The van der Waals surface area contributed by atoms with Crippen molar-refractivity contribution in [2.45, 2.75) is 13.8 Å². The van der Waals surface area contributed by atoms with Crippen LogP contribution in [0.2, 0.25) is 0 Å². The molecule has 1 aromatic carbocycles. The minimum Gasteiger partial charge on any atom is -0.312 e. The molecule has 0 N–H and O–H groups in total. The molecule has 0 aliphatic heterocycles. The SMILES string of the molecule is Cc1ccc(C)n1-c1c(Br)cccc1[N+](=O)[O-]. The van der Waals surface area contributed by atoms with Gasteiger partial charge in [-0.1, -0.05) is 6.07 Å². The predicted octanol–water partition coefficient (Wildman–Crippen LogP) is 3.76. The molecule has 0 unspecified atom stereocenters. The zero-order valence-corrected chi connectivity index (χ0v) is 11.1. The Kier molecular flexibility index (Phi) is 3.02. The van der Waals surface area contributed by atoms with Gasteiger partial charge in [-0.05, 0) is 48.0 Å². The van der Waals surface area contributed by atoms with Crippen molar-refractivity contribution >= 4 is 21.6 Å². The molecule has 0 saturated carbocycles. The second kappa shape index (κ2) is 4.33. The molecule has 0 spiro atoms. The zero-order chi connectivity index (χ0) is 12.6. The third kappa shape index (κ3) is 1.98. The van der Waals surface area contributed by atoms with E-state index in [1.807, 2.05) is 30.5 Å². The standard InChI is InChI=1S/C12H11BrN2O2/c1-8-6-7-9(2)14(8)12-10(13)4-3-5-11(12)15(16)17/h3-7H,1-2H3. The largest absolute Gasteiger partial charge is 0.312 e. The number of para-hydroxylation sites is 1. The van der Waals surface area contributed by atoms with Gasteiger partial charge in [0.25, 0.3) is 5.69 Å². The van der Waals surface area contributed by atoms with Crippen molar-refractivity contribution in [3.05, 3.63) is 56.3 Å². The van der Waals surface area contributed by atoms with Gasteiger partial charge in [-0.3, -0.25) is 10.1 Å². The van der Waals surface area contributed by atoms with Gasteiger partial charge in [0, 0.05) is 21.9 Å². The van der Waals surface area contributed by atoms with Crippen LogP contribution in [0.5, 0.6) is 0 Å². The molecular weight excluding hydrogens is 284 g/mol. The van der Waals surface area contributed by atoms with Crippen LogP contribution in [0.25, 0.3) is 5.69 Å². The first kappa shape index (κ1) is 11.9. The Hall–Kier alpha value is -1.62. The fourth-order valence-electron chi connectivity index (χ4n) is 1.89. The first-order valence-electron chi connectivity index (χ1n) is 5.10. The van der Waals surface area contributed by atoms with Crippen LogP contribution in [-0.4, -0.2) is 9.49 Å². The number of aryl methyl sites for hydroxylation is 2. The van der Waals surface area contributed by atoms with Crippen LogP contribution < -0.4 is 0 Å². The fourth-order valence-corrected chi connectivity index (χ4v) is 2.43. The molecule has 5 heteroatoms. The summed E-state index contributed by atoms with van der Waals surface area (Å²) in [5.41, 5.74) is 2.62. The minimum absolute atomic E-state index is 0.0989. The van der Waals surface area contributed by atoms with Gasteiger partial charge in [0.15, 0.2) is 0 Å². The third-order valence-electron chi connectivity index (χ3n) is 2.66. The lowest BCUT2D eigenvalue weighted by molar-refractivity contribution is -0.384. The van der Waals surface area contributed by atoms with E-state index >= 15 is 0 Å². The Balaban J connectivity index is 2.79. The van der Waals surface area contributed by atoms with Crippen LogP contribution in [-0.2, 0) is 0 Å². The van der Waals surface area contributed by atoms with Crippen molar-refractivity contribution in [3.8, 4) is 5.69 Å². The summed E-state index contributed by atoms with van der Waals surface area (Å²) in [6, 6.07) is 8.87. The molecule has 0 aliphatic rings. The van der Waals surface area contributed by atoms with Crippen molar-refractivity contribution in [2.75, 3.05) is 0 Å². The number of halogens is 1. The molecule has 0 aliphatic carbocycles. The predicted molar refractivity (Wildman–Crippen MR) is 69.6 cm³/mol. The van der Waals surface area contributed by atoms with Crippen molar-refractivity contribution in [1.82, 2.24) is 4.57 Å². The van der Waals surface area contributed by atoms with Gasteiger partial charge in [-0.25, -0.2) is 0 Å². The summed E-state index contributed by atoms with van der Waals surface area (Å²) in [5.74, 6) is 0. The number of benzene rings is 1. The fraction of sp³-hybridized carbons (Fsp3) is 0.167. The number of nitrogens with zero attached hydrogens (tertiary/aromatic N) is 2. The van der Waals surface area contributed by atoms with E-state index in [1.165, 1.54) is 6.07 Å². The van der Waals surface area contributed by atoms with Crippen molar-refractivity contribution in [3.63, 3.8) is 0 Å². The lowest BCUT2D eigenvalue weighted by Gasteiger charge is -2.11. The summed E-state index contributed by atoms with van der Waals surface area (Å²) in [4.78, 5) is 10.7. The van der Waals surface area contributed by atoms with Crippen LogP contribution in [0.1, 0.15) is 11.4 Å². The second-order valence-electron chi connectivity index (χ2n) is 3.82. The molecular formula is C12H11BrN2O2. The van der Waals surface area contributed by atoms with E-state index in [2.05, 4.69) is 15.9 Å². The van der Waals surface area contributed by atoms with Gasteiger partial charge < -0.3 is 4.57 Å². The number of nitro groups is 1. The van der Waals surface area contributed by atoms with Gasteiger partial charge in [-0.2, -0.15) is 0 Å². The highest BCUT2D eigenvalue weighted by molar-refractivity contribution is 9.10. The van der Waals surface area contributed by atoms with Crippen molar-refractivity contribution in [2.24, 2.45) is 0 Å². The van der Waals surface area contributed by atoms with Crippen LogP contribution in [0.4, 0.5) is 5.69 Å². The highest BCUT2D eigenvalue weighted by atomic mass is 79.9. The molecule has 0 fully saturated rings. The quantitative estimate of drug-likeness (QED) is 0.625. The van der Waals surface area contributed by atoms with Crippen LogP contribution >= 0.6 is 15.9 Å². The number of nitro benzene ring substituents is 1. The summed E-state index contributed by atoms with van der Waals surface area (Å²) in [7, 11) is 0. The van der Waals surface area contributed by atoms with E-state index in [4.69, 9.17) is 0 Å². The average molecular weight is 295 g/mol. The zero-order valence-electron chi connectivity index (χ0n) is 9.48. The molecule has 2 aromatic rings. The molecule has 0 bridgehead atoms. The van der Waals surface area contributed by atoms with Crippen LogP contribution in [0.3, 0.4) is 0 Å². The maximum absolute atomic E-state index is 11.1. The van der Waals surface area contributed by atoms with Gasteiger partial charge in [0.05, 0.1) is 4.92 Å². The van der Waals surface area contributed by atoms with E-state index in [-0.39, 0.29) is 10.6 Å². The third-order valence-corrected chi connectivity index (χ3v) is 3.30. The first-order valence-corrected chi connectivity index (χ1v) is 5.90. The maximum atomic E-state index is 11.1. The molecule has 0 amide bonds. The van der Waals surface area contributed by atoms with Gasteiger partial charge in [0.2, 0.25) is 0 Å². The molecule has 0 atom stereocenters. The van der Waals surface area contributed by atoms with E-state index in [1.54, 1.807) is 12.1 Å². The highest BCUT2D eigenvalue weighted by Gasteiger charge is 2.19. The van der Waals surface area contributed by atoms with E-state index in [0.717, 1.165) is 11.4 Å². The van der Waals surface area contributed by atoms with Crippen LogP contribution in [0.15, 0.2) is 34.8 Å². The number of hydrogen-bond donors (Lipinski definition) is 0. The molecule has 17 heavy (non-hydrogen) atoms. The molecule has 0 radical (unpaired) electrons. The van der Waals surface area contributed by atoms with Crippen LogP contribution in [0, 0.1) is 24.0 Å². The molecule has 1 aromatic heterocycles. The van der Waals surface area contributed by atoms with E-state index in [0.29, 0.717) is 10.2 Å². The topological polar surface area (TPSA) is 48.1 Å². The monoisotopic (exact) mass is 294 g/mol. The average Bonchev–Trinajstić information content (AvgIpc) is 2.59. The Morgan fingerprint density at radius 2 is 1.76 bits per heavy atom. The maximum Gasteiger partial charge on any atom is 0.294 e. The number of rotatable bonds is 2. The lowest BCUT2D eigenvalue weighted by Crippen LogP contribution is -2.04. The number of hydrogen-bond acceptors (Lipinski definition) is 2. The first-order chi connectivity index (χ1) is 8.02. The molecule has 2 rings (SSSR count). The smallest absolute Gasteiger partial charge is 0.294 e. The van der Waals surface area contributed by atoms with Gasteiger partial charge >= 0.3 is 0 Å². The Morgan fingerprint density at radius 1 is 1.18 bits per heavy atom. The molecule has 88 valence electrons. The van der Waals surface area contributed by atoms with Gasteiger partial charge in [-0.15, -0.1) is 0 Å². The number of aromatic nitrogens is 1. The minimum atomic E-state index is -0.362. The summed E-state index contributed by atoms with van der Waals surface area (Å²) in [6.45, 7) is 3.85. The molecule has 4 nitrogen and oxygen atoms in total.